The highest BCUT2D eigenvalue weighted by Gasteiger charge is 2.13. The van der Waals surface area contributed by atoms with E-state index in [9.17, 15) is 4.79 Å². The number of aromatic nitrogens is 4. The molecule has 0 saturated carbocycles. The summed E-state index contributed by atoms with van der Waals surface area (Å²) < 4.78 is 1.89. The van der Waals surface area contributed by atoms with Gasteiger partial charge in [-0.25, -0.2) is 4.98 Å². The van der Waals surface area contributed by atoms with Crippen LogP contribution in [0.5, 0.6) is 0 Å². The van der Waals surface area contributed by atoms with E-state index >= 15 is 0 Å². The van der Waals surface area contributed by atoms with E-state index in [2.05, 4.69) is 22.1 Å². The van der Waals surface area contributed by atoms with Crippen molar-refractivity contribution in [1.82, 2.24) is 19.7 Å². The fourth-order valence-electron chi connectivity index (χ4n) is 1.50. The number of carbonyl (C=O) groups is 1. The highest BCUT2D eigenvalue weighted by molar-refractivity contribution is 7.99. The second kappa shape index (κ2) is 6.16. The van der Waals surface area contributed by atoms with Crippen molar-refractivity contribution in [2.24, 2.45) is 0 Å². The smallest absolute Gasteiger partial charge is 0.313 e. The Morgan fingerprint density at radius 3 is 2.95 bits per heavy atom. The molecule has 2 aromatic heterocycles. The molecule has 0 aliphatic rings. The van der Waals surface area contributed by atoms with Gasteiger partial charge in [-0.2, -0.15) is 0 Å². The summed E-state index contributed by atoms with van der Waals surface area (Å²) >= 11 is 2.83. The second-order valence-corrected chi connectivity index (χ2v) is 6.01. The topological polar surface area (TPSA) is 80.9 Å². The molecule has 0 atom stereocenters. The van der Waals surface area contributed by atoms with Crippen LogP contribution >= 0.6 is 23.1 Å². The molecule has 0 unspecified atom stereocenters. The summed E-state index contributed by atoms with van der Waals surface area (Å²) in [4.78, 5) is 16.2. The quantitative estimate of drug-likeness (QED) is 0.819. The van der Waals surface area contributed by atoms with E-state index in [0.717, 1.165) is 17.3 Å². The fraction of sp³-hybridized carbons (Fsp3) is 0.455. The Kier molecular flexibility index (Phi) is 4.54. The molecule has 0 saturated heterocycles. The highest BCUT2D eigenvalue weighted by atomic mass is 32.2. The number of thiazole rings is 1. The summed E-state index contributed by atoms with van der Waals surface area (Å²) in [6.07, 6.45) is 2.85. The lowest BCUT2D eigenvalue weighted by Crippen LogP contribution is -2.05. The third kappa shape index (κ3) is 3.54. The molecule has 6 nitrogen and oxygen atoms in total. The first-order valence-corrected chi connectivity index (χ1v) is 7.58. The van der Waals surface area contributed by atoms with Gasteiger partial charge < -0.3 is 5.11 Å². The first kappa shape index (κ1) is 14.0. The Hall–Kier alpha value is -1.41. The number of carboxylic acid groups (broad SMARTS) is 1. The van der Waals surface area contributed by atoms with Gasteiger partial charge in [0, 0.05) is 11.1 Å². The van der Waals surface area contributed by atoms with Crippen molar-refractivity contribution in [3.8, 4) is 0 Å². The van der Waals surface area contributed by atoms with Crippen LogP contribution in [-0.2, 0) is 17.8 Å². The maximum Gasteiger partial charge on any atom is 0.313 e. The van der Waals surface area contributed by atoms with Gasteiger partial charge in [0.1, 0.15) is 10.8 Å². The van der Waals surface area contributed by atoms with Crippen molar-refractivity contribution in [3.63, 3.8) is 0 Å². The number of hydrogen-bond donors (Lipinski definition) is 1. The van der Waals surface area contributed by atoms with Crippen LogP contribution in [0.4, 0.5) is 0 Å². The van der Waals surface area contributed by atoms with Crippen LogP contribution in [0.25, 0.3) is 0 Å². The molecule has 0 spiro atoms. The lowest BCUT2D eigenvalue weighted by atomic mass is 10.4. The number of thioether (sulfide) groups is 1. The number of rotatable bonds is 6. The van der Waals surface area contributed by atoms with Crippen LogP contribution in [-0.4, -0.2) is 36.6 Å². The van der Waals surface area contributed by atoms with Crippen molar-refractivity contribution < 1.29 is 9.90 Å². The van der Waals surface area contributed by atoms with Gasteiger partial charge in [-0.1, -0.05) is 18.7 Å². The number of hydrogen-bond acceptors (Lipinski definition) is 6. The predicted molar refractivity (Wildman–Crippen MR) is 73.7 cm³/mol. The first-order chi connectivity index (χ1) is 9.10. The molecule has 19 heavy (non-hydrogen) atoms. The molecule has 102 valence electrons. The Bertz CT molecular complexity index is 579. The van der Waals surface area contributed by atoms with Crippen molar-refractivity contribution in [2.75, 3.05) is 5.75 Å². The third-order valence-electron chi connectivity index (χ3n) is 2.47. The zero-order valence-electron chi connectivity index (χ0n) is 10.7. The number of nitrogens with zero attached hydrogens (tertiary/aromatic N) is 4. The lowest BCUT2D eigenvalue weighted by Gasteiger charge is -2.04. The van der Waals surface area contributed by atoms with Crippen LogP contribution < -0.4 is 0 Å². The summed E-state index contributed by atoms with van der Waals surface area (Å²) in [7, 11) is 0. The van der Waals surface area contributed by atoms with Crippen LogP contribution in [0, 0.1) is 6.92 Å². The Balaban J connectivity index is 2.14. The third-order valence-corrected chi connectivity index (χ3v) is 4.55. The van der Waals surface area contributed by atoms with E-state index in [4.69, 9.17) is 5.11 Å². The van der Waals surface area contributed by atoms with E-state index in [1.165, 1.54) is 16.6 Å². The van der Waals surface area contributed by atoms with E-state index in [1.807, 2.05) is 17.7 Å². The van der Waals surface area contributed by atoms with Crippen molar-refractivity contribution in [3.05, 3.63) is 21.9 Å². The Labute approximate surface area is 118 Å². The number of carboxylic acids is 1. The van der Waals surface area contributed by atoms with Gasteiger partial charge in [0.25, 0.3) is 0 Å². The first-order valence-electron chi connectivity index (χ1n) is 5.78. The van der Waals surface area contributed by atoms with Gasteiger partial charge >= 0.3 is 5.97 Å². The molecule has 2 aromatic rings. The molecular weight excluding hydrogens is 284 g/mol. The molecule has 2 rings (SSSR count). The standard InChI is InChI=1S/C11H14N4O2S2/c1-3-8-4-12-9(19-8)5-15-7(2)13-14-11(15)18-6-10(16)17/h4H,3,5-6H2,1-2H3,(H,16,17). The number of aryl methyl sites for hydroxylation is 2. The van der Waals surface area contributed by atoms with Crippen molar-refractivity contribution >= 4 is 29.1 Å². The molecule has 8 heteroatoms. The normalized spacial score (nSPS) is 10.8. The van der Waals surface area contributed by atoms with E-state index < -0.39 is 5.97 Å². The molecule has 0 amide bonds. The average Bonchev–Trinajstić information content (AvgIpc) is 2.96. The molecule has 1 N–H and O–H groups in total. The number of aliphatic carboxylic acids is 1. The maximum absolute atomic E-state index is 10.6. The zero-order chi connectivity index (χ0) is 13.8. The van der Waals surface area contributed by atoms with Gasteiger partial charge in [-0.3, -0.25) is 9.36 Å². The average molecular weight is 298 g/mol. The summed E-state index contributed by atoms with van der Waals surface area (Å²) in [6.45, 7) is 4.53. The molecule has 0 aromatic carbocycles. The minimum atomic E-state index is -0.861. The zero-order valence-corrected chi connectivity index (χ0v) is 12.3. The van der Waals surface area contributed by atoms with Gasteiger partial charge in [0.05, 0.1) is 12.3 Å². The van der Waals surface area contributed by atoms with Gasteiger partial charge in [0.2, 0.25) is 0 Å². The van der Waals surface area contributed by atoms with Gasteiger partial charge in [-0.15, -0.1) is 21.5 Å². The minimum absolute atomic E-state index is 0.0176. The molecule has 0 radical (unpaired) electrons. The predicted octanol–water partition coefficient (Wildman–Crippen LogP) is 1.83. The summed E-state index contributed by atoms with van der Waals surface area (Å²) in [5.41, 5.74) is 0. The highest BCUT2D eigenvalue weighted by Crippen LogP contribution is 2.20. The summed E-state index contributed by atoms with van der Waals surface area (Å²) in [5.74, 6) is -0.114. The SMILES string of the molecule is CCc1cnc(Cn2c(C)nnc2SCC(=O)O)s1. The Morgan fingerprint density at radius 2 is 2.32 bits per heavy atom. The molecular formula is C11H14N4O2S2. The molecule has 0 aliphatic carbocycles. The molecule has 0 aliphatic heterocycles. The summed E-state index contributed by atoms with van der Waals surface area (Å²) in [6, 6.07) is 0. The molecule has 0 fully saturated rings. The summed E-state index contributed by atoms with van der Waals surface area (Å²) in [5, 5.41) is 18.3. The lowest BCUT2D eigenvalue weighted by molar-refractivity contribution is -0.133. The van der Waals surface area contributed by atoms with Crippen LogP contribution in [0.1, 0.15) is 22.6 Å². The molecule has 2 heterocycles. The monoisotopic (exact) mass is 298 g/mol. The van der Waals surface area contributed by atoms with Crippen LogP contribution in [0.2, 0.25) is 0 Å². The van der Waals surface area contributed by atoms with E-state index in [-0.39, 0.29) is 5.75 Å². The molecule has 0 bridgehead atoms. The van der Waals surface area contributed by atoms with Gasteiger partial charge in [-0.05, 0) is 13.3 Å². The van der Waals surface area contributed by atoms with Crippen molar-refractivity contribution in [2.45, 2.75) is 32.0 Å². The second-order valence-electron chi connectivity index (χ2n) is 3.87. The Morgan fingerprint density at radius 1 is 1.53 bits per heavy atom. The minimum Gasteiger partial charge on any atom is -0.481 e. The van der Waals surface area contributed by atoms with E-state index in [1.54, 1.807) is 11.3 Å². The van der Waals surface area contributed by atoms with Crippen LogP contribution in [0.3, 0.4) is 0 Å². The largest absolute Gasteiger partial charge is 0.481 e. The van der Waals surface area contributed by atoms with Gasteiger partial charge in [0.15, 0.2) is 5.16 Å². The van der Waals surface area contributed by atoms with E-state index in [0.29, 0.717) is 11.7 Å². The van der Waals surface area contributed by atoms with Crippen molar-refractivity contribution in [1.29, 1.82) is 0 Å². The fourth-order valence-corrected chi connectivity index (χ4v) is 3.05. The maximum atomic E-state index is 10.6. The van der Waals surface area contributed by atoms with Crippen LogP contribution in [0.15, 0.2) is 11.4 Å².